The van der Waals surface area contributed by atoms with E-state index < -0.39 is 11.4 Å². The van der Waals surface area contributed by atoms with E-state index in [0.29, 0.717) is 0 Å². The fraction of sp³-hybridized carbons (Fsp3) is 0.923. The van der Waals surface area contributed by atoms with Gasteiger partial charge in [0.2, 0.25) is 0 Å². The van der Waals surface area contributed by atoms with Gasteiger partial charge < -0.3 is 5.11 Å². The van der Waals surface area contributed by atoms with Crippen LogP contribution in [0.25, 0.3) is 0 Å². The van der Waals surface area contributed by atoms with Gasteiger partial charge in [0, 0.05) is 6.42 Å². The fourth-order valence-electron chi connectivity index (χ4n) is 6.14. The van der Waals surface area contributed by atoms with Gasteiger partial charge in [0.05, 0.1) is 11.5 Å². The Kier molecular flexibility index (Phi) is 10.5. The van der Waals surface area contributed by atoms with E-state index in [-0.39, 0.29) is 12.3 Å². The Hall–Kier alpha value is -1.04. The molecule has 2 rings (SSSR count). The number of aliphatic carboxylic acids is 1. The Morgan fingerprint density at radius 2 is 1.52 bits per heavy atom. The van der Waals surface area contributed by atoms with Crippen molar-refractivity contribution in [3.63, 3.8) is 0 Å². The van der Waals surface area contributed by atoms with Crippen molar-refractivity contribution in [2.75, 3.05) is 0 Å². The number of hydrogen-bond acceptors (Lipinski definition) is 2. The summed E-state index contributed by atoms with van der Waals surface area (Å²) in [5.74, 6) is 1.77. The normalized spacial score (nSPS) is 31.1. The first-order chi connectivity index (χ1) is 14.0. The Balaban J connectivity index is 1.64. The Labute approximate surface area is 179 Å². The highest BCUT2D eigenvalue weighted by Gasteiger charge is 2.42. The van der Waals surface area contributed by atoms with Crippen LogP contribution >= 0.6 is 0 Å². The van der Waals surface area contributed by atoms with Crippen molar-refractivity contribution in [2.24, 2.45) is 29.1 Å². The molecule has 2 aliphatic carbocycles. The van der Waals surface area contributed by atoms with Crippen molar-refractivity contribution in [1.29, 1.82) is 5.26 Å². The second-order valence-electron chi connectivity index (χ2n) is 10.3. The summed E-state index contributed by atoms with van der Waals surface area (Å²) >= 11 is 0. The van der Waals surface area contributed by atoms with Crippen LogP contribution in [0.3, 0.4) is 0 Å². The standard InChI is InChI=1S/C26H45NO2/c1-3-4-5-6-7-8-9-10-22-11-13-23(14-12-22)24-15-17-26(20-27,18-16-24)21(2)19-25(28)29/h21-24H,3-19H2,1-2H3,(H,28,29)/t21-,22?,23?,24?,26?/m1/s1. The molecule has 2 saturated carbocycles. The van der Waals surface area contributed by atoms with E-state index in [4.69, 9.17) is 5.11 Å². The van der Waals surface area contributed by atoms with E-state index in [1.165, 1.54) is 77.0 Å². The Morgan fingerprint density at radius 3 is 2.07 bits per heavy atom. The maximum atomic E-state index is 11.1. The number of carboxylic acid groups (broad SMARTS) is 1. The van der Waals surface area contributed by atoms with Crippen LogP contribution in [-0.4, -0.2) is 11.1 Å². The third-order valence-electron chi connectivity index (χ3n) is 8.34. The van der Waals surface area contributed by atoms with Crippen molar-refractivity contribution in [3.8, 4) is 6.07 Å². The zero-order chi connectivity index (χ0) is 21.1. The summed E-state index contributed by atoms with van der Waals surface area (Å²) in [5.41, 5.74) is -0.400. The zero-order valence-corrected chi connectivity index (χ0v) is 19.1. The first-order valence-corrected chi connectivity index (χ1v) is 12.6. The van der Waals surface area contributed by atoms with Crippen molar-refractivity contribution >= 4 is 5.97 Å². The lowest BCUT2D eigenvalue weighted by molar-refractivity contribution is -0.139. The molecule has 0 amide bonds. The smallest absolute Gasteiger partial charge is 0.303 e. The number of hydrogen-bond donors (Lipinski definition) is 1. The fourth-order valence-corrected chi connectivity index (χ4v) is 6.14. The SMILES string of the molecule is CCCCCCCCCC1CCC(C2CCC(C#N)([C@H](C)CC(=O)O)CC2)CC1. The highest BCUT2D eigenvalue weighted by Crippen LogP contribution is 2.49. The summed E-state index contributed by atoms with van der Waals surface area (Å²) in [6.45, 7) is 4.25. The molecule has 2 fully saturated rings. The molecule has 1 N–H and O–H groups in total. The van der Waals surface area contributed by atoms with Crippen LogP contribution in [0.4, 0.5) is 0 Å². The number of rotatable bonds is 12. The van der Waals surface area contributed by atoms with Crippen molar-refractivity contribution in [1.82, 2.24) is 0 Å². The first kappa shape index (κ1) is 24.2. The molecule has 0 aromatic heterocycles. The monoisotopic (exact) mass is 403 g/mol. The van der Waals surface area contributed by atoms with E-state index in [1.54, 1.807) is 0 Å². The largest absolute Gasteiger partial charge is 0.481 e. The summed E-state index contributed by atoms with van der Waals surface area (Å²) < 4.78 is 0. The van der Waals surface area contributed by atoms with E-state index in [9.17, 15) is 10.1 Å². The van der Waals surface area contributed by atoms with Gasteiger partial charge in [-0.25, -0.2) is 0 Å². The maximum absolute atomic E-state index is 11.1. The van der Waals surface area contributed by atoms with E-state index in [0.717, 1.165) is 43.4 Å². The quantitative estimate of drug-likeness (QED) is 0.339. The summed E-state index contributed by atoms with van der Waals surface area (Å²) in [6, 6.07) is 2.53. The number of carbonyl (C=O) groups is 1. The molecule has 0 saturated heterocycles. The molecule has 3 heteroatoms. The number of nitriles is 1. The molecule has 0 unspecified atom stereocenters. The topological polar surface area (TPSA) is 61.1 Å². The van der Waals surface area contributed by atoms with Crippen LogP contribution in [0.5, 0.6) is 0 Å². The summed E-state index contributed by atoms with van der Waals surface area (Å²) in [7, 11) is 0. The van der Waals surface area contributed by atoms with Crippen molar-refractivity contribution in [2.45, 2.75) is 123 Å². The second kappa shape index (κ2) is 12.6. The van der Waals surface area contributed by atoms with Gasteiger partial charge in [-0.1, -0.05) is 78.1 Å². The van der Waals surface area contributed by atoms with Gasteiger partial charge in [0.25, 0.3) is 0 Å². The highest BCUT2D eigenvalue weighted by atomic mass is 16.4. The van der Waals surface area contributed by atoms with E-state index >= 15 is 0 Å². The van der Waals surface area contributed by atoms with Crippen LogP contribution in [0.1, 0.15) is 123 Å². The molecular formula is C26H45NO2. The van der Waals surface area contributed by atoms with E-state index in [2.05, 4.69) is 13.0 Å². The van der Waals surface area contributed by atoms with Gasteiger partial charge in [-0.05, 0) is 62.2 Å². The summed E-state index contributed by atoms with van der Waals surface area (Å²) in [4.78, 5) is 11.1. The number of carboxylic acids is 1. The summed E-state index contributed by atoms with van der Waals surface area (Å²) in [5, 5.41) is 18.9. The minimum atomic E-state index is -0.770. The predicted molar refractivity (Wildman–Crippen MR) is 119 cm³/mol. The molecule has 29 heavy (non-hydrogen) atoms. The van der Waals surface area contributed by atoms with Gasteiger partial charge in [0.1, 0.15) is 0 Å². The number of nitrogens with zero attached hydrogens (tertiary/aromatic N) is 1. The third kappa shape index (κ3) is 7.62. The third-order valence-corrected chi connectivity index (χ3v) is 8.34. The van der Waals surface area contributed by atoms with Gasteiger partial charge in [0.15, 0.2) is 0 Å². The van der Waals surface area contributed by atoms with Crippen LogP contribution < -0.4 is 0 Å². The lowest BCUT2D eigenvalue weighted by Gasteiger charge is -2.43. The van der Waals surface area contributed by atoms with Crippen LogP contribution in [0, 0.1) is 40.4 Å². The van der Waals surface area contributed by atoms with E-state index in [1.807, 2.05) is 6.92 Å². The second-order valence-corrected chi connectivity index (χ2v) is 10.3. The number of unbranched alkanes of at least 4 members (excludes halogenated alkanes) is 6. The predicted octanol–water partition coefficient (Wildman–Crippen LogP) is 7.74. The minimum absolute atomic E-state index is 0.0383. The molecule has 0 heterocycles. The molecule has 1 atom stereocenters. The van der Waals surface area contributed by atoms with Crippen molar-refractivity contribution in [3.05, 3.63) is 0 Å². The molecule has 0 spiro atoms. The maximum Gasteiger partial charge on any atom is 0.303 e. The lowest BCUT2D eigenvalue weighted by Crippen LogP contribution is -2.36. The molecule has 0 radical (unpaired) electrons. The molecule has 3 nitrogen and oxygen atoms in total. The molecule has 0 aromatic carbocycles. The highest BCUT2D eigenvalue weighted by molar-refractivity contribution is 5.67. The molecular weight excluding hydrogens is 358 g/mol. The molecule has 2 aliphatic rings. The average molecular weight is 404 g/mol. The van der Waals surface area contributed by atoms with Crippen LogP contribution in [0.2, 0.25) is 0 Å². The van der Waals surface area contributed by atoms with Gasteiger partial charge in [-0.2, -0.15) is 5.26 Å². The zero-order valence-electron chi connectivity index (χ0n) is 19.1. The van der Waals surface area contributed by atoms with Crippen LogP contribution in [0.15, 0.2) is 0 Å². The molecule has 0 aliphatic heterocycles. The van der Waals surface area contributed by atoms with Crippen molar-refractivity contribution < 1.29 is 9.90 Å². The minimum Gasteiger partial charge on any atom is -0.481 e. The Morgan fingerprint density at radius 1 is 0.966 bits per heavy atom. The lowest BCUT2D eigenvalue weighted by atomic mass is 9.60. The van der Waals surface area contributed by atoms with Gasteiger partial charge in [-0.15, -0.1) is 0 Å². The van der Waals surface area contributed by atoms with Gasteiger partial charge in [-0.3, -0.25) is 4.79 Å². The summed E-state index contributed by atoms with van der Waals surface area (Å²) in [6.07, 6.45) is 21.1. The van der Waals surface area contributed by atoms with Crippen LogP contribution in [-0.2, 0) is 4.79 Å². The average Bonchev–Trinajstić information content (AvgIpc) is 2.73. The molecule has 166 valence electrons. The molecule has 0 bridgehead atoms. The Bertz CT molecular complexity index is 507. The van der Waals surface area contributed by atoms with Gasteiger partial charge >= 0.3 is 5.97 Å². The molecule has 0 aromatic rings. The first-order valence-electron chi connectivity index (χ1n) is 12.6.